The standard InChI is InChI=1S/C5H11BrO2/c1-5(6)3-8-4-7-2/h5H,3-4H2,1-2H3. The Morgan fingerprint density at radius 2 is 2.25 bits per heavy atom. The molecule has 0 heterocycles. The van der Waals surface area contributed by atoms with Crippen molar-refractivity contribution >= 4 is 15.9 Å². The first kappa shape index (κ1) is 8.40. The predicted octanol–water partition coefficient (Wildman–Crippen LogP) is 1.39. The summed E-state index contributed by atoms with van der Waals surface area (Å²) in [4.78, 5) is 0.414. The van der Waals surface area contributed by atoms with Gasteiger partial charge in [-0.1, -0.05) is 22.9 Å². The Kier molecular flexibility index (Phi) is 5.81. The van der Waals surface area contributed by atoms with Gasteiger partial charge in [-0.15, -0.1) is 0 Å². The van der Waals surface area contributed by atoms with Crippen LogP contribution in [0.25, 0.3) is 0 Å². The zero-order valence-corrected chi connectivity index (χ0v) is 6.77. The van der Waals surface area contributed by atoms with Crippen molar-refractivity contribution in [2.45, 2.75) is 11.8 Å². The molecular weight excluding hydrogens is 172 g/mol. The molecule has 0 radical (unpaired) electrons. The highest BCUT2D eigenvalue weighted by atomic mass is 79.9. The number of alkyl halides is 1. The van der Waals surface area contributed by atoms with Crippen LogP contribution in [-0.2, 0) is 9.47 Å². The number of hydrogen-bond donors (Lipinski definition) is 0. The molecule has 0 N–H and O–H groups in total. The number of hydrogen-bond acceptors (Lipinski definition) is 2. The first-order chi connectivity index (χ1) is 3.77. The summed E-state index contributed by atoms with van der Waals surface area (Å²) in [5.74, 6) is 0. The highest BCUT2D eigenvalue weighted by Crippen LogP contribution is 1.96. The Bertz CT molecular complexity index is 47.7. The van der Waals surface area contributed by atoms with Gasteiger partial charge in [-0.05, 0) is 0 Å². The van der Waals surface area contributed by atoms with Crippen LogP contribution in [0.1, 0.15) is 6.92 Å². The molecule has 3 heteroatoms. The zero-order valence-electron chi connectivity index (χ0n) is 5.19. The molecule has 0 saturated carbocycles. The van der Waals surface area contributed by atoms with Gasteiger partial charge in [0.25, 0.3) is 0 Å². The smallest absolute Gasteiger partial charge is 0.146 e. The molecule has 0 aliphatic heterocycles. The molecule has 0 aromatic carbocycles. The van der Waals surface area contributed by atoms with E-state index in [2.05, 4.69) is 20.7 Å². The minimum Gasteiger partial charge on any atom is -0.359 e. The maximum Gasteiger partial charge on any atom is 0.146 e. The van der Waals surface area contributed by atoms with E-state index in [9.17, 15) is 0 Å². The van der Waals surface area contributed by atoms with Crippen molar-refractivity contribution in [2.75, 3.05) is 20.5 Å². The molecule has 0 spiro atoms. The summed E-state index contributed by atoms with van der Waals surface area (Å²) in [5.41, 5.74) is 0. The molecule has 0 bridgehead atoms. The molecule has 50 valence electrons. The summed E-state index contributed by atoms with van der Waals surface area (Å²) in [6.45, 7) is 3.11. The van der Waals surface area contributed by atoms with Gasteiger partial charge in [0.15, 0.2) is 0 Å². The van der Waals surface area contributed by atoms with Crippen molar-refractivity contribution in [3.63, 3.8) is 0 Å². The largest absolute Gasteiger partial charge is 0.359 e. The highest BCUT2D eigenvalue weighted by Gasteiger charge is 1.92. The minimum absolute atomic E-state index is 0.385. The quantitative estimate of drug-likeness (QED) is 0.372. The molecular formula is C5H11BrO2. The van der Waals surface area contributed by atoms with E-state index in [0.717, 1.165) is 0 Å². The van der Waals surface area contributed by atoms with E-state index in [4.69, 9.17) is 4.74 Å². The van der Waals surface area contributed by atoms with Crippen LogP contribution in [-0.4, -0.2) is 25.3 Å². The van der Waals surface area contributed by atoms with Crippen LogP contribution < -0.4 is 0 Å². The molecule has 0 amide bonds. The summed E-state index contributed by atoms with van der Waals surface area (Å²) in [7, 11) is 1.61. The van der Waals surface area contributed by atoms with Gasteiger partial charge in [-0.3, -0.25) is 0 Å². The summed E-state index contributed by atoms with van der Waals surface area (Å²) in [6, 6.07) is 0. The van der Waals surface area contributed by atoms with Gasteiger partial charge in [0.2, 0.25) is 0 Å². The van der Waals surface area contributed by atoms with Crippen LogP contribution in [0.15, 0.2) is 0 Å². The normalized spacial score (nSPS) is 13.9. The molecule has 0 saturated heterocycles. The van der Waals surface area contributed by atoms with E-state index in [-0.39, 0.29) is 0 Å². The Labute approximate surface area is 58.3 Å². The van der Waals surface area contributed by atoms with Crippen LogP contribution in [0.3, 0.4) is 0 Å². The lowest BCUT2D eigenvalue weighted by molar-refractivity contribution is -0.0283. The lowest BCUT2D eigenvalue weighted by atomic mass is 10.5. The summed E-state index contributed by atoms with van der Waals surface area (Å²) < 4.78 is 9.62. The van der Waals surface area contributed by atoms with Crippen LogP contribution in [0.2, 0.25) is 0 Å². The SMILES string of the molecule is COCOCC(C)Br. The van der Waals surface area contributed by atoms with E-state index >= 15 is 0 Å². The van der Waals surface area contributed by atoms with E-state index in [1.54, 1.807) is 7.11 Å². The van der Waals surface area contributed by atoms with E-state index in [0.29, 0.717) is 18.2 Å². The topological polar surface area (TPSA) is 18.5 Å². The molecule has 2 nitrogen and oxygen atoms in total. The fourth-order valence-electron chi connectivity index (χ4n) is 0.294. The van der Waals surface area contributed by atoms with Crippen molar-refractivity contribution in [2.24, 2.45) is 0 Å². The van der Waals surface area contributed by atoms with E-state index in [1.807, 2.05) is 6.92 Å². The molecule has 1 atom stereocenters. The number of halogens is 1. The van der Waals surface area contributed by atoms with Crippen molar-refractivity contribution in [1.29, 1.82) is 0 Å². The van der Waals surface area contributed by atoms with Crippen molar-refractivity contribution in [1.82, 2.24) is 0 Å². The van der Waals surface area contributed by atoms with Crippen LogP contribution in [0.4, 0.5) is 0 Å². The monoisotopic (exact) mass is 182 g/mol. The second kappa shape index (κ2) is 5.54. The molecule has 0 fully saturated rings. The Morgan fingerprint density at radius 1 is 1.62 bits per heavy atom. The van der Waals surface area contributed by atoms with Gasteiger partial charge in [0, 0.05) is 11.9 Å². The maximum absolute atomic E-state index is 4.98. The highest BCUT2D eigenvalue weighted by molar-refractivity contribution is 9.09. The van der Waals surface area contributed by atoms with Gasteiger partial charge < -0.3 is 9.47 Å². The Balaban J connectivity index is 2.72. The maximum atomic E-state index is 4.98. The van der Waals surface area contributed by atoms with Crippen molar-refractivity contribution in [3.8, 4) is 0 Å². The van der Waals surface area contributed by atoms with Crippen molar-refractivity contribution in [3.05, 3.63) is 0 Å². The summed E-state index contributed by atoms with van der Waals surface area (Å²) >= 11 is 3.32. The Morgan fingerprint density at radius 3 is 2.62 bits per heavy atom. The summed E-state index contributed by atoms with van der Waals surface area (Å²) in [5, 5.41) is 0. The third-order valence-corrected chi connectivity index (χ3v) is 0.813. The molecule has 0 aromatic rings. The first-order valence-corrected chi connectivity index (χ1v) is 3.39. The van der Waals surface area contributed by atoms with Crippen LogP contribution in [0.5, 0.6) is 0 Å². The molecule has 0 aromatic heterocycles. The molecule has 0 rings (SSSR count). The molecule has 1 unspecified atom stereocenters. The third-order valence-electron chi connectivity index (χ3n) is 0.549. The fourth-order valence-corrected chi connectivity index (χ4v) is 0.481. The van der Waals surface area contributed by atoms with Gasteiger partial charge >= 0.3 is 0 Å². The number of rotatable bonds is 4. The van der Waals surface area contributed by atoms with Crippen LogP contribution in [0, 0.1) is 0 Å². The van der Waals surface area contributed by atoms with Crippen LogP contribution >= 0.6 is 15.9 Å². The minimum atomic E-state index is 0.385. The predicted molar refractivity (Wildman–Crippen MR) is 36.2 cm³/mol. The number of ether oxygens (including phenoxy) is 2. The second-order valence-electron chi connectivity index (χ2n) is 1.56. The van der Waals surface area contributed by atoms with Gasteiger partial charge in [0.05, 0.1) is 6.61 Å². The van der Waals surface area contributed by atoms with Gasteiger partial charge in [-0.25, -0.2) is 0 Å². The average molecular weight is 183 g/mol. The zero-order chi connectivity index (χ0) is 6.41. The average Bonchev–Trinajstić information content (AvgIpc) is 1.66. The lowest BCUT2D eigenvalue weighted by Gasteiger charge is -2.02. The molecule has 0 aliphatic rings. The van der Waals surface area contributed by atoms with Gasteiger partial charge in [0.1, 0.15) is 6.79 Å². The fraction of sp³-hybridized carbons (Fsp3) is 1.00. The Hall–Kier alpha value is 0.400. The van der Waals surface area contributed by atoms with Crippen molar-refractivity contribution < 1.29 is 9.47 Å². The first-order valence-electron chi connectivity index (χ1n) is 2.48. The van der Waals surface area contributed by atoms with E-state index < -0.39 is 0 Å². The molecule has 8 heavy (non-hydrogen) atoms. The number of methoxy groups -OCH3 is 1. The van der Waals surface area contributed by atoms with Gasteiger partial charge in [-0.2, -0.15) is 0 Å². The lowest BCUT2D eigenvalue weighted by Crippen LogP contribution is -2.05. The third kappa shape index (κ3) is 6.40. The summed E-state index contributed by atoms with van der Waals surface area (Å²) in [6.07, 6.45) is 0. The second-order valence-corrected chi connectivity index (χ2v) is 3.12. The molecule has 0 aliphatic carbocycles. The van der Waals surface area contributed by atoms with E-state index in [1.165, 1.54) is 0 Å².